The van der Waals surface area contributed by atoms with Crippen LogP contribution >= 0.6 is 11.6 Å². The molecule has 5 nitrogen and oxygen atoms in total. The van der Waals surface area contributed by atoms with E-state index in [9.17, 15) is 9.59 Å². The van der Waals surface area contributed by atoms with E-state index >= 15 is 0 Å². The monoisotopic (exact) mass is 325 g/mol. The number of carbonyl (C=O) groups is 2. The quantitative estimate of drug-likeness (QED) is 0.903. The third-order valence-corrected chi connectivity index (χ3v) is 4.10. The molecule has 1 aliphatic rings. The number of likely N-dealkylation sites (tertiary alicyclic amines) is 1. The van der Waals surface area contributed by atoms with Gasteiger partial charge >= 0.3 is 5.97 Å². The smallest absolute Gasteiger partial charge is 0.308 e. The third kappa shape index (κ3) is 3.91. The predicted octanol–water partition coefficient (Wildman–Crippen LogP) is 2.60. The Balaban J connectivity index is 2.09. The van der Waals surface area contributed by atoms with Gasteiger partial charge in [-0.1, -0.05) is 23.7 Å². The second kappa shape index (κ2) is 7.49. The van der Waals surface area contributed by atoms with Gasteiger partial charge in [0.05, 0.1) is 24.0 Å². The average Bonchev–Trinajstić information content (AvgIpc) is 2.51. The summed E-state index contributed by atoms with van der Waals surface area (Å²) in [5.74, 6) is -0.861. The Hall–Kier alpha value is -1.75. The number of ether oxygens (including phenoxy) is 1. The maximum absolute atomic E-state index is 12.4. The van der Waals surface area contributed by atoms with Crippen LogP contribution in [0.2, 0.25) is 5.02 Å². The summed E-state index contributed by atoms with van der Waals surface area (Å²) >= 11 is 6.11. The van der Waals surface area contributed by atoms with E-state index in [1.165, 1.54) is 0 Å². The van der Waals surface area contributed by atoms with Crippen molar-refractivity contribution < 1.29 is 19.4 Å². The number of carbonyl (C=O) groups excluding carboxylic acids is 1. The fourth-order valence-electron chi connectivity index (χ4n) is 2.68. The molecule has 120 valence electrons. The first-order valence-electron chi connectivity index (χ1n) is 7.43. The van der Waals surface area contributed by atoms with Gasteiger partial charge in [-0.2, -0.15) is 0 Å². The SMILES string of the molecule is CCOc1c(Cl)cccc1CC(=O)N1CCCC(C(=O)O)C1. The maximum atomic E-state index is 12.4. The van der Waals surface area contributed by atoms with Crippen molar-refractivity contribution in [2.24, 2.45) is 5.92 Å². The first-order valence-corrected chi connectivity index (χ1v) is 7.81. The summed E-state index contributed by atoms with van der Waals surface area (Å²) in [6.07, 6.45) is 1.51. The molecule has 2 rings (SSSR count). The number of nitrogens with zero attached hydrogens (tertiary/aromatic N) is 1. The van der Waals surface area contributed by atoms with E-state index in [4.69, 9.17) is 21.4 Å². The van der Waals surface area contributed by atoms with Gasteiger partial charge in [-0.25, -0.2) is 0 Å². The first-order chi connectivity index (χ1) is 10.5. The first kappa shape index (κ1) is 16.6. The molecule has 0 radical (unpaired) electrons. The minimum absolute atomic E-state index is 0.0887. The molecule has 1 aromatic carbocycles. The standard InChI is InChI=1S/C16H20ClNO4/c1-2-22-15-11(5-3-7-13(15)17)9-14(19)18-8-4-6-12(10-18)16(20)21/h3,5,7,12H,2,4,6,8-10H2,1H3,(H,20,21). The van der Waals surface area contributed by atoms with E-state index in [2.05, 4.69) is 0 Å². The number of halogens is 1. The summed E-state index contributed by atoms with van der Waals surface area (Å²) in [6.45, 7) is 3.21. The van der Waals surface area contributed by atoms with E-state index in [0.717, 1.165) is 12.0 Å². The van der Waals surface area contributed by atoms with Gasteiger partial charge < -0.3 is 14.7 Å². The topological polar surface area (TPSA) is 66.8 Å². The number of para-hydroxylation sites is 1. The largest absolute Gasteiger partial charge is 0.492 e. The summed E-state index contributed by atoms with van der Waals surface area (Å²) < 4.78 is 5.52. The molecule has 1 saturated heterocycles. The number of hydrogen-bond donors (Lipinski definition) is 1. The van der Waals surface area contributed by atoms with Crippen molar-refractivity contribution in [3.05, 3.63) is 28.8 Å². The number of aliphatic carboxylic acids is 1. The molecule has 0 bridgehead atoms. The van der Waals surface area contributed by atoms with Crippen LogP contribution in [0.1, 0.15) is 25.3 Å². The van der Waals surface area contributed by atoms with Crippen LogP contribution in [0, 0.1) is 5.92 Å². The van der Waals surface area contributed by atoms with Crippen molar-refractivity contribution in [1.29, 1.82) is 0 Å². The highest BCUT2D eigenvalue weighted by Crippen LogP contribution is 2.29. The summed E-state index contributed by atoms with van der Waals surface area (Å²) in [5, 5.41) is 9.58. The lowest BCUT2D eigenvalue weighted by Gasteiger charge is -2.31. The van der Waals surface area contributed by atoms with Crippen LogP contribution in [0.15, 0.2) is 18.2 Å². The van der Waals surface area contributed by atoms with Gasteiger partial charge in [0.15, 0.2) is 0 Å². The minimum atomic E-state index is -0.838. The van der Waals surface area contributed by atoms with Crippen LogP contribution in [0.5, 0.6) is 5.75 Å². The number of piperidine rings is 1. The lowest BCUT2D eigenvalue weighted by molar-refractivity contribution is -0.145. The molecule has 1 unspecified atom stereocenters. The van der Waals surface area contributed by atoms with Crippen molar-refractivity contribution in [2.75, 3.05) is 19.7 Å². The van der Waals surface area contributed by atoms with Crippen molar-refractivity contribution in [3.63, 3.8) is 0 Å². The van der Waals surface area contributed by atoms with Crippen LogP contribution in [0.3, 0.4) is 0 Å². The Morgan fingerprint density at radius 1 is 1.45 bits per heavy atom. The van der Waals surface area contributed by atoms with E-state index < -0.39 is 11.9 Å². The molecular weight excluding hydrogens is 306 g/mol. The van der Waals surface area contributed by atoms with Crippen molar-refractivity contribution >= 4 is 23.5 Å². The molecule has 1 aliphatic heterocycles. The Labute approximate surface area is 134 Å². The second-order valence-corrected chi connectivity index (χ2v) is 5.76. The summed E-state index contributed by atoms with van der Waals surface area (Å²) in [6, 6.07) is 5.32. The van der Waals surface area contributed by atoms with Crippen LogP contribution < -0.4 is 4.74 Å². The highest BCUT2D eigenvalue weighted by atomic mass is 35.5. The molecule has 22 heavy (non-hydrogen) atoms. The minimum Gasteiger partial charge on any atom is -0.492 e. The molecular formula is C16H20ClNO4. The second-order valence-electron chi connectivity index (χ2n) is 5.36. The maximum Gasteiger partial charge on any atom is 0.308 e. The molecule has 1 aromatic rings. The van der Waals surface area contributed by atoms with E-state index in [1.54, 1.807) is 17.0 Å². The predicted molar refractivity (Wildman–Crippen MR) is 83.3 cm³/mol. The van der Waals surface area contributed by atoms with Gasteiger partial charge in [-0.05, 0) is 25.8 Å². The fraction of sp³-hybridized carbons (Fsp3) is 0.500. The van der Waals surface area contributed by atoms with Crippen LogP contribution in [-0.2, 0) is 16.0 Å². The van der Waals surface area contributed by atoms with Crippen LogP contribution in [-0.4, -0.2) is 41.6 Å². The summed E-state index contributed by atoms with van der Waals surface area (Å²) in [7, 11) is 0. The number of benzene rings is 1. The zero-order valence-corrected chi connectivity index (χ0v) is 13.3. The van der Waals surface area contributed by atoms with Crippen LogP contribution in [0.4, 0.5) is 0 Å². The number of carboxylic acids is 1. The molecule has 0 aliphatic carbocycles. The molecule has 1 amide bonds. The van der Waals surface area contributed by atoms with Gasteiger partial charge in [0.25, 0.3) is 0 Å². The highest BCUT2D eigenvalue weighted by Gasteiger charge is 2.28. The van der Waals surface area contributed by atoms with E-state index in [1.807, 2.05) is 13.0 Å². The molecule has 1 atom stereocenters. The van der Waals surface area contributed by atoms with Gasteiger partial charge in [0, 0.05) is 18.7 Å². The Morgan fingerprint density at radius 3 is 2.91 bits per heavy atom. The Morgan fingerprint density at radius 2 is 2.23 bits per heavy atom. The fourth-order valence-corrected chi connectivity index (χ4v) is 2.93. The van der Waals surface area contributed by atoms with Crippen molar-refractivity contribution in [3.8, 4) is 5.75 Å². The Bertz CT molecular complexity index is 561. The molecule has 1 heterocycles. The molecule has 1 N–H and O–H groups in total. The Kier molecular flexibility index (Phi) is 5.66. The molecule has 0 spiro atoms. The van der Waals surface area contributed by atoms with Gasteiger partial charge in [-0.15, -0.1) is 0 Å². The molecule has 0 saturated carbocycles. The normalized spacial score (nSPS) is 18.1. The summed E-state index contributed by atoms with van der Waals surface area (Å²) in [5.41, 5.74) is 0.733. The van der Waals surface area contributed by atoms with Gasteiger partial charge in [0.1, 0.15) is 5.75 Å². The average molecular weight is 326 g/mol. The molecule has 1 fully saturated rings. The van der Waals surface area contributed by atoms with Gasteiger partial charge in [0.2, 0.25) is 5.91 Å². The summed E-state index contributed by atoms with van der Waals surface area (Å²) in [4.78, 5) is 25.2. The zero-order valence-electron chi connectivity index (χ0n) is 12.5. The van der Waals surface area contributed by atoms with Crippen LogP contribution in [0.25, 0.3) is 0 Å². The molecule has 6 heteroatoms. The van der Waals surface area contributed by atoms with Crippen molar-refractivity contribution in [1.82, 2.24) is 4.90 Å². The lowest BCUT2D eigenvalue weighted by atomic mass is 9.97. The van der Waals surface area contributed by atoms with E-state index in [-0.39, 0.29) is 18.9 Å². The number of hydrogen-bond acceptors (Lipinski definition) is 3. The van der Waals surface area contributed by atoms with E-state index in [0.29, 0.717) is 30.3 Å². The number of carboxylic acid groups (broad SMARTS) is 1. The number of rotatable bonds is 5. The van der Waals surface area contributed by atoms with Gasteiger partial charge in [-0.3, -0.25) is 9.59 Å². The molecule has 0 aromatic heterocycles. The highest BCUT2D eigenvalue weighted by molar-refractivity contribution is 6.32. The number of amides is 1. The zero-order chi connectivity index (χ0) is 16.1. The van der Waals surface area contributed by atoms with Crippen molar-refractivity contribution in [2.45, 2.75) is 26.2 Å². The lowest BCUT2D eigenvalue weighted by Crippen LogP contribution is -2.43. The third-order valence-electron chi connectivity index (χ3n) is 3.80.